The molecule has 8 nitrogen and oxygen atoms in total. The molecule has 0 aliphatic heterocycles. The molecule has 29 heavy (non-hydrogen) atoms. The molecule has 0 atom stereocenters. The van der Waals surface area contributed by atoms with Crippen molar-refractivity contribution >= 4 is 17.4 Å². The van der Waals surface area contributed by atoms with Crippen LogP contribution in [0.4, 0.5) is 20.6 Å². The van der Waals surface area contributed by atoms with E-state index in [-0.39, 0.29) is 0 Å². The van der Waals surface area contributed by atoms with Crippen LogP contribution in [0.3, 0.4) is 0 Å². The SMILES string of the molecule is COc1cc(-c2n[nH]c(C)c2NC(=O)Nc2cccc(F)c2)cc(OC)c1OC. The topological polar surface area (TPSA) is 97.5 Å². The number of nitrogens with zero attached hydrogens (tertiary/aromatic N) is 1. The number of urea groups is 1. The molecule has 3 aromatic rings. The fourth-order valence-corrected chi connectivity index (χ4v) is 2.85. The van der Waals surface area contributed by atoms with Crippen molar-refractivity contribution in [3.63, 3.8) is 0 Å². The molecule has 152 valence electrons. The Kier molecular flexibility index (Phi) is 5.87. The second-order valence-electron chi connectivity index (χ2n) is 6.08. The standard InChI is InChI=1S/C20H21FN4O4/c1-11-17(23-20(26)22-14-7-5-6-13(21)10-14)18(25-24-11)12-8-15(27-2)19(29-4)16(9-12)28-3/h5-10H,1-4H3,(H,24,25)(H2,22,23,26). The summed E-state index contributed by atoms with van der Waals surface area (Å²) in [6.45, 7) is 1.77. The van der Waals surface area contributed by atoms with Gasteiger partial charge >= 0.3 is 6.03 Å². The first kappa shape index (κ1) is 20.0. The lowest BCUT2D eigenvalue weighted by Gasteiger charge is -2.14. The molecule has 0 aliphatic carbocycles. The third kappa shape index (κ3) is 4.23. The number of ether oxygens (including phenoxy) is 3. The van der Waals surface area contributed by atoms with E-state index in [4.69, 9.17) is 14.2 Å². The fraction of sp³-hybridized carbons (Fsp3) is 0.200. The molecule has 3 rings (SSSR count). The van der Waals surface area contributed by atoms with E-state index in [1.165, 1.54) is 39.5 Å². The van der Waals surface area contributed by atoms with Gasteiger partial charge in [0, 0.05) is 11.3 Å². The Balaban J connectivity index is 1.93. The molecule has 0 unspecified atom stereocenters. The number of halogens is 1. The summed E-state index contributed by atoms with van der Waals surface area (Å²) in [6, 6.07) is 8.54. The summed E-state index contributed by atoms with van der Waals surface area (Å²) in [5, 5.41) is 12.5. The largest absolute Gasteiger partial charge is 0.493 e. The number of methoxy groups -OCH3 is 3. The highest BCUT2D eigenvalue weighted by Crippen LogP contribution is 2.42. The van der Waals surface area contributed by atoms with Gasteiger partial charge in [0.25, 0.3) is 0 Å². The molecule has 0 saturated heterocycles. The molecule has 9 heteroatoms. The van der Waals surface area contributed by atoms with Crippen LogP contribution in [0.5, 0.6) is 17.2 Å². The molecule has 0 spiro atoms. The molecule has 0 saturated carbocycles. The van der Waals surface area contributed by atoms with E-state index in [1.807, 2.05) is 0 Å². The fourth-order valence-electron chi connectivity index (χ4n) is 2.85. The summed E-state index contributed by atoms with van der Waals surface area (Å²) in [5.41, 5.74) is 2.57. The number of amides is 2. The lowest BCUT2D eigenvalue weighted by Crippen LogP contribution is -2.20. The minimum absolute atomic E-state index is 0.331. The van der Waals surface area contributed by atoms with E-state index >= 15 is 0 Å². The van der Waals surface area contributed by atoms with E-state index < -0.39 is 11.8 Å². The van der Waals surface area contributed by atoms with Crippen molar-refractivity contribution in [2.75, 3.05) is 32.0 Å². The molecular formula is C20H21FN4O4. The summed E-state index contributed by atoms with van der Waals surface area (Å²) < 4.78 is 29.4. The molecule has 0 aliphatic rings. The molecule has 3 N–H and O–H groups in total. The van der Waals surface area contributed by atoms with Gasteiger partial charge in [0.1, 0.15) is 11.5 Å². The zero-order valence-electron chi connectivity index (χ0n) is 16.4. The van der Waals surface area contributed by atoms with Gasteiger partial charge in [0.15, 0.2) is 11.5 Å². The van der Waals surface area contributed by atoms with Crippen LogP contribution in [0.2, 0.25) is 0 Å². The van der Waals surface area contributed by atoms with Crippen LogP contribution in [0.1, 0.15) is 5.69 Å². The van der Waals surface area contributed by atoms with Gasteiger partial charge in [-0.15, -0.1) is 0 Å². The molecule has 1 aromatic heterocycles. The number of aromatic nitrogens is 2. The zero-order chi connectivity index (χ0) is 21.0. The Morgan fingerprint density at radius 3 is 2.31 bits per heavy atom. The van der Waals surface area contributed by atoms with E-state index in [9.17, 15) is 9.18 Å². The summed E-state index contributed by atoms with van der Waals surface area (Å²) in [4.78, 5) is 12.4. The highest BCUT2D eigenvalue weighted by atomic mass is 19.1. The first-order chi connectivity index (χ1) is 14.0. The summed E-state index contributed by atoms with van der Waals surface area (Å²) >= 11 is 0. The van der Waals surface area contributed by atoms with Gasteiger partial charge in [-0.3, -0.25) is 5.10 Å². The van der Waals surface area contributed by atoms with E-state index in [2.05, 4.69) is 20.8 Å². The van der Waals surface area contributed by atoms with E-state index in [0.717, 1.165) is 0 Å². The Hall–Kier alpha value is -3.75. The Morgan fingerprint density at radius 2 is 1.72 bits per heavy atom. The molecule has 2 amide bonds. The summed E-state index contributed by atoms with van der Waals surface area (Å²) in [7, 11) is 4.55. The minimum atomic E-state index is -0.534. The lowest BCUT2D eigenvalue weighted by molar-refractivity contribution is 0.262. The van der Waals surface area contributed by atoms with Gasteiger partial charge in [-0.2, -0.15) is 5.10 Å². The van der Waals surface area contributed by atoms with Crippen molar-refractivity contribution in [1.82, 2.24) is 10.2 Å². The van der Waals surface area contributed by atoms with Crippen LogP contribution in [0.15, 0.2) is 36.4 Å². The lowest BCUT2D eigenvalue weighted by atomic mass is 10.1. The normalized spacial score (nSPS) is 10.4. The average molecular weight is 400 g/mol. The van der Waals surface area contributed by atoms with Gasteiger partial charge in [-0.05, 0) is 37.3 Å². The molecule has 0 bridgehead atoms. The van der Waals surface area contributed by atoms with Gasteiger partial charge in [0.2, 0.25) is 5.75 Å². The maximum Gasteiger partial charge on any atom is 0.323 e. The Bertz CT molecular complexity index is 1010. The van der Waals surface area contributed by atoms with Crippen LogP contribution >= 0.6 is 0 Å². The van der Waals surface area contributed by atoms with Crippen LogP contribution in [-0.4, -0.2) is 37.6 Å². The zero-order valence-corrected chi connectivity index (χ0v) is 16.4. The van der Waals surface area contributed by atoms with Crippen LogP contribution in [-0.2, 0) is 0 Å². The predicted octanol–water partition coefficient (Wildman–Crippen LogP) is 4.19. The molecule has 0 fully saturated rings. The second-order valence-corrected chi connectivity index (χ2v) is 6.08. The maximum atomic E-state index is 13.3. The van der Waals surface area contributed by atoms with Crippen molar-refractivity contribution in [2.24, 2.45) is 0 Å². The quantitative estimate of drug-likeness (QED) is 0.576. The van der Waals surface area contributed by atoms with Gasteiger partial charge in [-0.25, -0.2) is 9.18 Å². The van der Waals surface area contributed by atoms with Crippen molar-refractivity contribution in [3.05, 3.63) is 47.9 Å². The Labute approximate surface area is 167 Å². The number of anilines is 2. The number of hydrogen-bond acceptors (Lipinski definition) is 5. The number of aromatic amines is 1. The van der Waals surface area contributed by atoms with Crippen molar-refractivity contribution < 1.29 is 23.4 Å². The smallest absolute Gasteiger partial charge is 0.323 e. The first-order valence-corrected chi connectivity index (χ1v) is 8.65. The number of rotatable bonds is 6. The molecule has 0 radical (unpaired) electrons. The van der Waals surface area contributed by atoms with Crippen LogP contribution in [0, 0.1) is 12.7 Å². The monoisotopic (exact) mass is 400 g/mol. The van der Waals surface area contributed by atoms with Gasteiger partial charge in [-0.1, -0.05) is 6.07 Å². The number of H-pyrrole nitrogens is 1. The Morgan fingerprint density at radius 1 is 1.03 bits per heavy atom. The number of hydrogen-bond donors (Lipinski definition) is 3. The number of carbonyl (C=O) groups excluding carboxylic acids is 1. The van der Waals surface area contributed by atoms with Crippen molar-refractivity contribution in [3.8, 4) is 28.5 Å². The maximum absolute atomic E-state index is 13.3. The van der Waals surface area contributed by atoms with Crippen molar-refractivity contribution in [2.45, 2.75) is 6.92 Å². The van der Waals surface area contributed by atoms with Gasteiger partial charge < -0.3 is 24.8 Å². The second kappa shape index (κ2) is 8.51. The van der Waals surface area contributed by atoms with E-state index in [1.54, 1.807) is 25.1 Å². The van der Waals surface area contributed by atoms with Crippen LogP contribution in [0.25, 0.3) is 11.3 Å². The number of carbonyl (C=O) groups is 1. The molecule has 1 heterocycles. The molecular weight excluding hydrogens is 379 g/mol. The third-order valence-corrected chi connectivity index (χ3v) is 4.21. The predicted molar refractivity (Wildman–Crippen MR) is 107 cm³/mol. The van der Waals surface area contributed by atoms with Crippen molar-refractivity contribution in [1.29, 1.82) is 0 Å². The van der Waals surface area contributed by atoms with Crippen LogP contribution < -0.4 is 24.8 Å². The summed E-state index contributed by atoms with van der Waals surface area (Å²) in [6.07, 6.45) is 0. The number of aryl methyl sites for hydroxylation is 1. The average Bonchev–Trinajstić information content (AvgIpc) is 3.06. The summed E-state index contributed by atoms with van der Waals surface area (Å²) in [5.74, 6) is 0.917. The minimum Gasteiger partial charge on any atom is -0.493 e. The van der Waals surface area contributed by atoms with E-state index in [0.29, 0.717) is 45.6 Å². The third-order valence-electron chi connectivity index (χ3n) is 4.21. The first-order valence-electron chi connectivity index (χ1n) is 8.65. The van der Waals surface area contributed by atoms with Gasteiger partial charge in [0.05, 0.1) is 32.7 Å². The number of benzene rings is 2. The highest BCUT2D eigenvalue weighted by molar-refractivity contribution is 6.02. The molecule has 2 aromatic carbocycles. The number of nitrogens with one attached hydrogen (secondary N) is 3. The highest BCUT2D eigenvalue weighted by Gasteiger charge is 2.20.